The molecule has 2 nitrogen and oxygen atoms in total. The van der Waals surface area contributed by atoms with Gasteiger partial charge in [-0.15, -0.1) is 0 Å². The topological polar surface area (TPSA) is 21.3 Å². The van der Waals surface area contributed by atoms with E-state index in [9.17, 15) is 13.2 Å². The molecule has 5 heteroatoms. The molecule has 0 aliphatic carbocycles. The predicted molar refractivity (Wildman–Crippen MR) is 69.3 cm³/mol. The van der Waals surface area contributed by atoms with Gasteiger partial charge in [0, 0.05) is 12.0 Å². The fourth-order valence-electron chi connectivity index (χ4n) is 1.56. The Labute approximate surface area is 112 Å². The van der Waals surface area contributed by atoms with E-state index in [0.717, 1.165) is 25.2 Å². The first-order valence-electron chi connectivity index (χ1n) is 6.25. The number of hydrogen-bond donors (Lipinski definition) is 1. The third-order valence-corrected chi connectivity index (χ3v) is 2.64. The summed E-state index contributed by atoms with van der Waals surface area (Å²) < 4.78 is 43.1. The van der Waals surface area contributed by atoms with Crippen LogP contribution in [0.25, 0.3) is 0 Å². The Balaban J connectivity index is 2.63. The molecular weight excluding hydrogens is 255 g/mol. The number of rotatable bonds is 6. The molecule has 0 spiro atoms. The molecule has 0 atom stereocenters. The van der Waals surface area contributed by atoms with Gasteiger partial charge in [-0.2, -0.15) is 13.2 Å². The summed E-state index contributed by atoms with van der Waals surface area (Å²) in [4.78, 5) is 0. The molecule has 0 bridgehead atoms. The van der Waals surface area contributed by atoms with Crippen molar-refractivity contribution in [3.05, 3.63) is 29.8 Å². The molecule has 0 unspecified atom stereocenters. The van der Waals surface area contributed by atoms with Gasteiger partial charge in [0.1, 0.15) is 5.75 Å². The van der Waals surface area contributed by atoms with Crippen molar-refractivity contribution in [2.45, 2.75) is 26.9 Å². The Morgan fingerprint density at radius 2 is 1.89 bits per heavy atom. The third kappa shape index (κ3) is 5.51. The minimum Gasteiger partial charge on any atom is -0.493 e. The Bertz CT molecular complexity index is 402. The van der Waals surface area contributed by atoms with Crippen LogP contribution in [0.15, 0.2) is 24.3 Å². The highest BCUT2D eigenvalue weighted by molar-refractivity contribution is 5.30. The first-order chi connectivity index (χ1) is 8.74. The Morgan fingerprint density at radius 1 is 1.21 bits per heavy atom. The molecule has 0 aliphatic rings. The maximum absolute atomic E-state index is 12.5. The zero-order valence-corrected chi connectivity index (χ0v) is 11.5. The molecule has 0 saturated carbocycles. The van der Waals surface area contributed by atoms with E-state index in [2.05, 4.69) is 5.32 Å². The van der Waals surface area contributed by atoms with Gasteiger partial charge in [0.2, 0.25) is 0 Å². The SMILES string of the molecule is CCNCC(C)(C)COc1cccc(C(F)(F)F)c1. The van der Waals surface area contributed by atoms with E-state index in [1.165, 1.54) is 6.07 Å². The number of hydrogen-bond acceptors (Lipinski definition) is 2. The van der Waals surface area contributed by atoms with Crippen LogP contribution in [-0.2, 0) is 6.18 Å². The normalized spacial score (nSPS) is 12.5. The van der Waals surface area contributed by atoms with Gasteiger partial charge >= 0.3 is 6.18 Å². The van der Waals surface area contributed by atoms with Gasteiger partial charge in [-0.1, -0.05) is 26.8 Å². The fraction of sp³-hybridized carbons (Fsp3) is 0.571. The van der Waals surface area contributed by atoms with Gasteiger partial charge in [0.15, 0.2) is 0 Å². The quantitative estimate of drug-likeness (QED) is 0.854. The first-order valence-corrected chi connectivity index (χ1v) is 6.25. The van der Waals surface area contributed by atoms with Gasteiger partial charge in [-0.25, -0.2) is 0 Å². The molecule has 19 heavy (non-hydrogen) atoms. The summed E-state index contributed by atoms with van der Waals surface area (Å²) in [5.74, 6) is 0.249. The molecule has 1 N–H and O–H groups in total. The summed E-state index contributed by atoms with van der Waals surface area (Å²) in [6.45, 7) is 7.98. The lowest BCUT2D eigenvalue weighted by atomic mass is 9.95. The van der Waals surface area contributed by atoms with Crippen LogP contribution >= 0.6 is 0 Å². The van der Waals surface area contributed by atoms with Gasteiger partial charge in [-0.05, 0) is 24.7 Å². The van der Waals surface area contributed by atoms with Crippen molar-refractivity contribution in [3.63, 3.8) is 0 Å². The van der Waals surface area contributed by atoms with Crippen LogP contribution < -0.4 is 10.1 Å². The van der Waals surface area contributed by atoms with Gasteiger partial charge in [0.05, 0.1) is 12.2 Å². The highest BCUT2D eigenvalue weighted by atomic mass is 19.4. The fourth-order valence-corrected chi connectivity index (χ4v) is 1.56. The molecule has 0 fully saturated rings. The second kappa shape index (κ2) is 6.28. The van der Waals surface area contributed by atoms with Crippen molar-refractivity contribution in [2.75, 3.05) is 19.7 Å². The number of alkyl halides is 3. The smallest absolute Gasteiger partial charge is 0.416 e. The average Bonchev–Trinajstić information content (AvgIpc) is 2.34. The summed E-state index contributed by atoms with van der Waals surface area (Å²) in [5, 5.41) is 3.20. The highest BCUT2D eigenvalue weighted by Crippen LogP contribution is 2.31. The van der Waals surface area contributed by atoms with Crippen LogP contribution in [0.1, 0.15) is 26.3 Å². The number of ether oxygens (including phenoxy) is 1. The van der Waals surface area contributed by atoms with Crippen LogP contribution in [0.4, 0.5) is 13.2 Å². The molecule has 0 saturated heterocycles. The van der Waals surface area contributed by atoms with Gasteiger partial charge < -0.3 is 10.1 Å². The molecule has 108 valence electrons. The van der Waals surface area contributed by atoms with Crippen molar-refractivity contribution >= 4 is 0 Å². The lowest BCUT2D eigenvalue weighted by Gasteiger charge is -2.25. The Kier molecular flexibility index (Phi) is 5.23. The minimum atomic E-state index is -4.33. The molecule has 0 amide bonds. The van der Waals surface area contributed by atoms with E-state index in [1.54, 1.807) is 6.07 Å². The van der Waals surface area contributed by atoms with Gasteiger partial charge in [-0.3, -0.25) is 0 Å². The van der Waals surface area contributed by atoms with Gasteiger partial charge in [0.25, 0.3) is 0 Å². The second-order valence-corrected chi connectivity index (χ2v) is 5.26. The van der Waals surface area contributed by atoms with Crippen LogP contribution in [0.2, 0.25) is 0 Å². The van der Waals surface area contributed by atoms with Crippen LogP contribution in [-0.4, -0.2) is 19.7 Å². The minimum absolute atomic E-state index is 0.135. The van der Waals surface area contributed by atoms with Crippen molar-refractivity contribution < 1.29 is 17.9 Å². The first kappa shape index (κ1) is 15.8. The van der Waals surface area contributed by atoms with Crippen molar-refractivity contribution in [1.29, 1.82) is 0 Å². The third-order valence-electron chi connectivity index (χ3n) is 2.64. The largest absolute Gasteiger partial charge is 0.493 e. The summed E-state index contributed by atoms with van der Waals surface area (Å²) in [7, 11) is 0. The van der Waals surface area contributed by atoms with Crippen LogP contribution in [0, 0.1) is 5.41 Å². The van der Waals surface area contributed by atoms with E-state index < -0.39 is 11.7 Å². The summed E-state index contributed by atoms with van der Waals surface area (Å²) >= 11 is 0. The number of halogens is 3. The monoisotopic (exact) mass is 275 g/mol. The van der Waals surface area contributed by atoms with E-state index in [-0.39, 0.29) is 11.2 Å². The van der Waals surface area contributed by atoms with E-state index in [1.807, 2.05) is 20.8 Å². The van der Waals surface area contributed by atoms with E-state index >= 15 is 0 Å². The van der Waals surface area contributed by atoms with Crippen LogP contribution in [0.3, 0.4) is 0 Å². The van der Waals surface area contributed by atoms with E-state index in [0.29, 0.717) is 6.61 Å². The standard InChI is InChI=1S/C14H20F3NO/c1-4-18-9-13(2,3)10-19-12-7-5-6-11(8-12)14(15,16)17/h5-8,18H,4,9-10H2,1-3H3. The molecular formula is C14H20F3NO. The summed E-state index contributed by atoms with van der Waals surface area (Å²) in [5.41, 5.74) is -0.820. The average molecular weight is 275 g/mol. The second-order valence-electron chi connectivity index (χ2n) is 5.26. The Morgan fingerprint density at radius 3 is 2.47 bits per heavy atom. The summed E-state index contributed by atoms with van der Waals surface area (Å²) in [6.07, 6.45) is -4.33. The summed E-state index contributed by atoms with van der Waals surface area (Å²) in [6, 6.07) is 4.97. The van der Waals surface area contributed by atoms with Crippen molar-refractivity contribution in [2.24, 2.45) is 5.41 Å². The van der Waals surface area contributed by atoms with Crippen molar-refractivity contribution in [1.82, 2.24) is 5.32 Å². The number of nitrogens with one attached hydrogen (secondary N) is 1. The zero-order valence-electron chi connectivity index (χ0n) is 11.5. The van der Waals surface area contributed by atoms with E-state index in [4.69, 9.17) is 4.74 Å². The lowest BCUT2D eigenvalue weighted by Crippen LogP contribution is -2.34. The predicted octanol–water partition coefficient (Wildman–Crippen LogP) is 3.72. The zero-order chi connectivity index (χ0) is 14.5. The molecule has 1 rings (SSSR count). The molecule has 0 aliphatic heterocycles. The number of benzene rings is 1. The maximum atomic E-state index is 12.5. The highest BCUT2D eigenvalue weighted by Gasteiger charge is 2.30. The van der Waals surface area contributed by atoms with Crippen molar-refractivity contribution in [3.8, 4) is 5.75 Å². The van der Waals surface area contributed by atoms with Crippen LogP contribution in [0.5, 0.6) is 5.75 Å². The molecule has 0 aromatic heterocycles. The lowest BCUT2D eigenvalue weighted by molar-refractivity contribution is -0.137. The molecule has 0 heterocycles. The molecule has 0 radical (unpaired) electrons. The maximum Gasteiger partial charge on any atom is 0.416 e. The Hall–Kier alpha value is -1.23. The molecule has 1 aromatic rings. The molecule has 1 aromatic carbocycles.